The Kier molecular flexibility index (Phi) is 6.18. The summed E-state index contributed by atoms with van der Waals surface area (Å²) in [6.45, 7) is 0.145. The number of halogens is 2. The molecule has 0 aliphatic carbocycles. The number of carbonyl (C=O) groups is 3. The Morgan fingerprint density at radius 2 is 1.88 bits per heavy atom. The Morgan fingerprint density at radius 3 is 2.56 bits per heavy atom. The molecule has 0 atom stereocenters. The summed E-state index contributed by atoms with van der Waals surface area (Å²) in [5.41, 5.74) is 1.18. The van der Waals surface area contributed by atoms with E-state index in [4.69, 9.17) is 9.15 Å². The van der Waals surface area contributed by atoms with Crippen molar-refractivity contribution in [1.29, 1.82) is 0 Å². The summed E-state index contributed by atoms with van der Waals surface area (Å²) in [4.78, 5) is 38.1. The Hall–Kier alpha value is -3.72. The molecule has 7 nitrogen and oxygen atoms in total. The highest BCUT2D eigenvalue weighted by Gasteiger charge is 2.36. The number of amides is 4. The molecule has 162 valence electrons. The third-order valence-corrected chi connectivity index (χ3v) is 5.27. The van der Waals surface area contributed by atoms with Gasteiger partial charge in [-0.25, -0.2) is 9.18 Å². The van der Waals surface area contributed by atoms with Crippen LogP contribution in [0.5, 0.6) is 5.75 Å². The fraction of sp³-hybridized carbons (Fsp3) is 0.0870. The van der Waals surface area contributed by atoms with Crippen LogP contribution < -0.4 is 10.1 Å². The van der Waals surface area contributed by atoms with Gasteiger partial charge in [0.05, 0.1) is 17.3 Å². The first kappa shape index (κ1) is 21.5. The maximum absolute atomic E-state index is 13.0. The van der Waals surface area contributed by atoms with Crippen molar-refractivity contribution >= 4 is 39.9 Å². The molecule has 1 aliphatic heterocycles. The lowest BCUT2D eigenvalue weighted by Gasteiger charge is -2.25. The molecule has 0 radical (unpaired) electrons. The first-order valence-electron chi connectivity index (χ1n) is 9.49. The van der Waals surface area contributed by atoms with Gasteiger partial charge in [0.2, 0.25) is 0 Å². The number of nitrogens with zero attached hydrogens (tertiary/aromatic N) is 1. The summed E-state index contributed by atoms with van der Waals surface area (Å²) in [6.07, 6.45) is 2.83. The number of ether oxygens (including phenoxy) is 1. The van der Waals surface area contributed by atoms with Crippen molar-refractivity contribution in [2.24, 2.45) is 0 Å². The van der Waals surface area contributed by atoms with Gasteiger partial charge < -0.3 is 9.15 Å². The lowest BCUT2D eigenvalue weighted by Crippen LogP contribution is -2.53. The smallest absolute Gasteiger partial charge is 0.331 e. The van der Waals surface area contributed by atoms with E-state index in [1.807, 2.05) is 0 Å². The molecular weight excluding hydrogens is 483 g/mol. The lowest BCUT2D eigenvalue weighted by atomic mass is 10.1. The first-order chi connectivity index (χ1) is 15.4. The van der Waals surface area contributed by atoms with Gasteiger partial charge in [-0.3, -0.25) is 19.8 Å². The highest BCUT2D eigenvalue weighted by atomic mass is 79.9. The van der Waals surface area contributed by atoms with Crippen molar-refractivity contribution in [3.05, 3.63) is 93.6 Å². The Morgan fingerprint density at radius 1 is 1.09 bits per heavy atom. The van der Waals surface area contributed by atoms with Crippen LogP contribution in [0.1, 0.15) is 16.9 Å². The van der Waals surface area contributed by atoms with Gasteiger partial charge >= 0.3 is 6.03 Å². The average Bonchev–Trinajstić information content (AvgIpc) is 3.28. The molecule has 4 amide bonds. The molecule has 1 saturated heterocycles. The van der Waals surface area contributed by atoms with E-state index in [9.17, 15) is 18.8 Å². The van der Waals surface area contributed by atoms with Gasteiger partial charge in [0.15, 0.2) is 0 Å². The summed E-state index contributed by atoms with van der Waals surface area (Å²) in [5.74, 6) is -0.873. The number of hydrogen-bond acceptors (Lipinski definition) is 5. The molecule has 2 aromatic carbocycles. The van der Waals surface area contributed by atoms with Crippen LogP contribution in [0.4, 0.5) is 9.18 Å². The summed E-state index contributed by atoms with van der Waals surface area (Å²) in [5, 5.41) is 2.17. The molecule has 0 spiro atoms. The number of barbiturate groups is 1. The molecule has 0 unspecified atom stereocenters. The monoisotopic (exact) mass is 498 g/mol. The van der Waals surface area contributed by atoms with E-state index in [2.05, 4.69) is 21.2 Å². The number of imide groups is 2. The van der Waals surface area contributed by atoms with Crippen molar-refractivity contribution in [2.75, 3.05) is 0 Å². The van der Waals surface area contributed by atoms with Gasteiger partial charge in [-0.05, 0) is 69.5 Å². The zero-order valence-corrected chi connectivity index (χ0v) is 18.1. The van der Waals surface area contributed by atoms with Crippen molar-refractivity contribution in [3.63, 3.8) is 0 Å². The highest BCUT2D eigenvalue weighted by molar-refractivity contribution is 9.10. The standard InChI is InChI=1S/C23H16BrFN2O5/c24-19-11-15(5-8-20(19)32-13-14-3-6-16(25)7-4-14)10-18-21(28)26-23(30)27(22(18)29)12-17-2-1-9-31-17/h1-11H,12-13H2,(H,26,28,30)/b18-10+. The van der Waals surface area contributed by atoms with E-state index in [1.165, 1.54) is 24.5 Å². The Labute approximate surface area is 190 Å². The van der Waals surface area contributed by atoms with Crippen molar-refractivity contribution in [1.82, 2.24) is 10.2 Å². The second kappa shape index (κ2) is 9.19. The Balaban J connectivity index is 1.50. The lowest BCUT2D eigenvalue weighted by molar-refractivity contribution is -0.130. The van der Waals surface area contributed by atoms with Gasteiger partial charge in [-0.15, -0.1) is 0 Å². The largest absolute Gasteiger partial charge is 0.488 e. The molecule has 3 aromatic rings. The summed E-state index contributed by atoms with van der Waals surface area (Å²) in [7, 11) is 0. The van der Waals surface area contributed by atoms with E-state index >= 15 is 0 Å². The van der Waals surface area contributed by atoms with Crippen LogP contribution in [-0.4, -0.2) is 22.7 Å². The fourth-order valence-corrected chi connectivity index (χ4v) is 3.54. The van der Waals surface area contributed by atoms with Crippen LogP contribution in [0, 0.1) is 5.82 Å². The number of carbonyl (C=O) groups excluding carboxylic acids is 3. The average molecular weight is 499 g/mol. The number of nitrogens with one attached hydrogen (secondary N) is 1. The minimum absolute atomic E-state index is 0.0951. The number of furan rings is 1. The predicted octanol–water partition coefficient (Wildman–Crippen LogP) is 4.42. The maximum atomic E-state index is 13.0. The number of hydrogen-bond donors (Lipinski definition) is 1. The zero-order chi connectivity index (χ0) is 22.7. The maximum Gasteiger partial charge on any atom is 0.331 e. The van der Waals surface area contributed by atoms with Crippen molar-refractivity contribution in [3.8, 4) is 5.75 Å². The van der Waals surface area contributed by atoms with Gasteiger partial charge in [-0.2, -0.15) is 0 Å². The third kappa shape index (κ3) is 4.78. The number of rotatable bonds is 6. The Bertz CT molecular complexity index is 1210. The van der Waals surface area contributed by atoms with E-state index in [0.29, 0.717) is 21.5 Å². The molecule has 0 bridgehead atoms. The molecule has 0 saturated carbocycles. The fourth-order valence-electron chi connectivity index (χ4n) is 3.03. The van der Waals surface area contributed by atoms with Crippen LogP contribution in [0.15, 0.2) is 75.3 Å². The van der Waals surface area contributed by atoms with E-state index in [0.717, 1.165) is 10.5 Å². The summed E-state index contributed by atoms with van der Waals surface area (Å²) >= 11 is 3.41. The van der Waals surface area contributed by atoms with E-state index < -0.39 is 17.8 Å². The topological polar surface area (TPSA) is 88.9 Å². The molecule has 1 aliphatic rings. The van der Waals surface area contributed by atoms with Crippen LogP contribution in [0.25, 0.3) is 6.08 Å². The van der Waals surface area contributed by atoms with Crippen molar-refractivity contribution < 1.29 is 27.9 Å². The van der Waals surface area contributed by atoms with Gasteiger partial charge in [0, 0.05) is 0 Å². The van der Waals surface area contributed by atoms with Gasteiger partial charge in [0.1, 0.15) is 29.5 Å². The minimum atomic E-state index is -0.806. The molecular formula is C23H16BrFN2O5. The van der Waals surface area contributed by atoms with Crippen molar-refractivity contribution in [2.45, 2.75) is 13.2 Å². The van der Waals surface area contributed by atoms with E-state index in [-0.39, 0.29) is 24.5 Å². The quantitative estimate of drug-likeness (QED) is 0.401. The molecule has 1 aromatic heterocycles. The number of urea groups is 1. The normalized spacial score (nSPS) is 15.2. The minimum Gasteiger partial charge on any atom is -0.488 e. The SMILES string of the molecule is O=C1NC(=O)N(Cc2ccco2)C(=O)/C1=C/c1ccc(OCc2ccc(F)cc2)c(Br)c1. The van der Waals surface area contributed by atoms with Gasteiger partial charge in [0.25, 0.3) is 11.8 Å². The molecule has 4 rings (SSSR count). The highest BCUT2D eigenvalue weighted by Crippen LogP contribution is 2.28. The van der Waals surface area contributed by atoms with Crippen LogP contribution in [0.3, 0.4) is 0 Å². The number of benzene rings is 2. The van der Waals surface area contributed by atoms with Crippen LogP contribution in [-0.2, 0) is 22.7 Å². The first-order valence-corrected chi connectivity index (χ1v) is 10.3. The summed E-state index contributed by atoms with van der Waals surface area (Å²) < 4.78 is 24.5. The molecule has 1 N–H and O–H groups in total. The van der Waals surface area contributed by atoms with E-state index in [1.54, 1.807) is 42.5 Å². The second-order valence-electron chi connectivity index (χ2n) is 6.89. The van der Waals surface area contributed by atoms with Crippen LogP contribution in [0.2, 0.25) is 0 Å². The third-order valence-electron chi connectivity index (χ3n) is 4.65. The molecule has 32 heavy (non-hydrogen) atoms. The summed E-state index contributed by atoms with van der Waals surface area (Å²) in [6, 6.07) is 13.5. The second-order valence-corrected chi connectivity index (χ2v) is 7.75. The van der Waals surface area contributed by atoms with Crippen LogP contribution >= 0.6 is 15.9 Å². The zero-order valence-electron chi connectivity index (χ0n) is 16.5. The predicted molar refractivity (Wildman–Crippen MR) is 116 cm³/mol. The molecule has 9 heteroatoms. The molecule has 1 fully saturated rings. The molecule has 2 heterocycles. The van der Waals surface area contributed by atoms with Gasteiger partial charge in [-0.1, -0.05) is 18.2 Å².